The Morgan fingerprint density at radius 1 is 1.12 bits per heavy atom. The molecule has 1 amide bonds. The topological polar surface area (TPSA) is 79.3 Å². The number of carbonyl (C=O) groups excluding carboxylic acids is 1. The Morgan fingerprint density at radius 2 is 1.85 bits per heavy atom. The predicted molar refractivity (Wildman–Crippen MR) is 135 cm³/mol. The molecule has 2 atom stereocenters. The fourth-order valence-corrected chi connectivity index (χ4v) is 4.94. The Hall–Kier alpha value is -3.18. The molecule has 34 heavy (non-hydrogen) atoms. The normalized spacial score (nSPS) is 15.3. The van der Waals surface area contributed by atoms with Crippen molar-refractivity contribution in [3.05, 3.63) is 82.6 Å². The molecule has 1 aliphatic carbocycles. The number of amides is 1. The number of hydrogen-bond acceptors (Lipinski definition) is 3. The van der Waals surface area contributed by atoms with Crippen molar-refractivity contribution >= 4 is 29.2 Å². The molecule has 3 aromatic rings. The highest BCUT2D eigenvalue weighted by Gasteiger charge is 2.34. The summed E-state index contributed by atoms with van der Waals surface area (Å²) in [6.07, 6.45) is 6.65. The van der Waals surface area contributed by atoms with Gasteiger partial charge in [-0.25, -0.2) is 0 Å². The lowest BCUT2D eigenvalue weighted by Gasteiger charge is -2.33. The van der Waals surface area contributed by atoms with Gasteiger partial charge in [0, 0.05) is 23.6 Å². The number of nitrogens with one attached hydrogen (secondary N) is 1. The van der Waals surface area contributed by atoms with Gasteiger partial charge in [0.2, 0.25) is 5.91 Å². The second kappa shape index (κ2) is 10.4. The van der Waals surface area contributed by atoms with Crippen molar-refractivity contribution in [2.45, 2.75) is 51.4 Å². The summed E-state index contributed by atoms with van der Waals surface area (Å²) < 4.78 is 0. The van der Waals surface area contributed by atoms with Gasteiger partial charge >= 0.3 is 5.97 Å². The van der Waals surface area contributed by atoms with Crippen molar-refractivity contribution in [3.8, 4) is 11.1 Å². The monoisotopic (exact) mass is 476 g/mol. The molecule has 0 spiro atoms. The SMILES string of the molecule is Cc1c(NC(=O)[C@@H](c2ccc(-c3cncc(Cl)c3)cc2)C2CCC2)cccc1[C@@H](C)CC(=O)O. The number of halogens is 1. The third-order valence-electron chi connectivity index (χ3n) is 6.86. The maximum Gasteiger partial charge on any atom is 0.303 e. The average molecular weight is 477 g/mol. The zero-order valence-electron chi connectivity index (χ0n) is 19.4. The minimum atomic E-state index is -0.830. The number of hydrogen-bond donors (Lipinski definition) is 2. The molecule has 1 fully saturated rings. The molecule has 0 aliphatic heterocycles. The number of rotatable bonds is 8. The second-order valence-corrected chi connectivity index (χ2v) is 9.63. The Labute approximate surface area is 205 Å². The molecule has 5 nitrogen and oxygen atoms in total. The van der Waals surface area contributed by atoms with Crippen LogP contribution in [0.15, 0.2) is 60.9 Å². The van der Waals surface area contributed by atoms with Crippen LogP contribution in [0.25, 0.3) is 11.1 Å². The van der Waals surface area contributed by atoms with Crippen LogP contribution in [0.3, 0.4) is 0 Å². The molecule has 0 bridgehead atoms. The first kappa shape index (κ1) is 24.0. The number of anilines is 1. The number of carboxylic acids is 1. The van der Waals surface area contributed by atoms with Gasteiger partial charge in [0.15, 0.2) is 0 Å². The molecule has 2 aromatic carbocycles. The first-order valence-corrected chi connectivity index (χ1v) is 12.0. The summed E-state index contributed by atoms with van der Waals surface area (Å²) in [5.74, 6) is -0.908. The summed E-state index contributed by atoms with van der Waals surface area (Å²) in [6, 6.07) is 15.7. The molecule has 0 saturated heterocycles. The maximum atomic E-state index is 13.5. The van der Waals surface area contributed by atoms with Gasteiger partial charge in [-0.3, -0.25) is 14.6 Å². The van der Waals surface area contributed by atoms with Crippen molar-refractivity contribution in [2.24, 2.45) is 5.92 Å². The number of aromatic nitrogens is 1. The number of nitrogens with zero attached hydrogens (tertiary/aromatic N) is 1. The lowest BCUT2D eigenvalue weighted by molar-refractivity contribution is -0.137. The lowest BCUT2D eigenvalue weighted by atomic mass is 9.72. The Balaban J connectivity index is 1.57. The molecule has 0 radical (unpaired) electrons. The first-order chi connectivity index (χ1) is 16.3. The molecule has 2 N–H and O–H groups in total. The van der Waals surface area contributed by atoms with Crippen molar-refractivity contribution in [1.29, 1.82) is 0 Å². The predicted octanol–water partition coefficient (Wildman–Crippen LogP) is 6.81. The number of benzene rings is 2. The van der Waals surface area contributed by atoms with E-state index in [1.807, 2.05) is 62.4 Å². The summed E-state index contributed by atoms with van der Waals surface area (Å²) in [5, 5.41) is 12.9. The highest BCUT2D eigenvalue weighted by molar-refractivity contribution is 6.30. The van der Waals surface area contributed by atoms with E-state index in [9.17, 15) is 14.7 Å². The molecule has 1 heterocycles. The van der Waals surface area contributed by atoms with E-state index >= 15 is 0 Å². The molecule has 6 heteroatoms. The van der Waals surface area contributed by atoms with Crippen molar-refractivity contribution in [2.75, 3.05) is 5.32 Å². The number of pyridine rings is 1. The summed E-state index contributed by atoms with van der Waals surface area (Å²) in [7, 11) is 0. The minimum Gasteiger partial charge on any atom is -0.481 e. The number of carboxylic acid groups (broad SMARTS) is 1. The lowest BCUT2D eigenvalue weighted by Crippen LogP contribution is -2.31. The smallest absolute Gasteiger partial charge is 0.303 e. The van der Waals surface area contributed by atoms with Crippen LogP contribution in [0.1, 0.15) is 61.1 Å². The second-order valence-electron chi connectivity index (χ2n) is 9.19. The van der Waals surface area contributed by atoms with Crippen LogP contribution in [0.5, 0.6) is 0 Å². The highest BCUT2D eigenvalue weighted by atomic mass is 35.5. The Kier molecular flexibility index (Phi) is 7.32. The third kappa shape index (κ3) is 5.31. The van der Waals surface area contributed by atoms with E-state index in [2.05, 4.69) is 10.3 Å². The summed E-state index contributed by atoms with van der Waals surface area (Å²) in [5.41, 5.74) is 5.54. The zero-order valence-corrected chi connectivity index (χ0v) is 20.2. The van der Waals surface area contributed by atoms with E-state index in [4.69, 9.17) is 11.6 Å². The highest BCUT2D eigenvalue weighted by Crippen LogP contribution is 2.41. The molecular weight excluding hydrogens is 448 g/mol. The minimum absolute atomic E-state index is 0.0204. The first-order valence-electron chi connectivity index (χ1n) is 11.7. The van der Waals surface area contributed by atoms with Gasteiger partial charge in [-0.15, -0.1) is 0 Å². The summed E-state index contributed by atoms with van der Waals surface area (Å²) >= 11 is 6.09. The van der Waals surface area contributed by atoms with Gasteiger partial charge in [0.05, 0.1) is 17.4 Å². The molecular formula is C28H29ClN2O3. The van der Waals surface area contributed by atoms with E-state index in [1.54, 1.807) is 12.4 Å². The van der Waals surface area contributed by atoms with Crippen LogP contribution < -0.4 is 5.32 Å². The average Bonchev–Trinajstić information content (AvgIpc) is 2.77. The molecule has 1 aliphatic rings. The quantitative estimate of drug-likeness (QED) is 0.374. The molecule has 4 rings (SSSR count). The standard InChI is InChI=1S/C28H29ClN2O3/c1-17(13-26(32)33)24-7-4-8-25(18(24)2)31-28(34)27(20-5-3-6-20)21-11-9-19(10-12-21)22-14-23(29)16-30-15-22/h4,7-12,14-17,20,27H,3,5-6,13H2,1-2H3,(H,31,34)(H,32,33)/t17-,27+/m0/s1. The van der Waals surface area contributed by atoms with Gasteiger partial charge in [-0.1, -0.05) is 61.3 Å². The van der Waals surface area contributed by atoms with Crippen LogP contribution in [-0.2, 0) is 9.59 Å². The van der Waals surface area contributed by atoms with Crippen LogP contribution in [0.2, 0.25) is 5.02 Å². The van der Waals surface area contributed by atoms with E-state index in [-0.39, 0.29) is 24.2 Å². The van der Waals surface area contributed by atoms with E-state index in [0.29, 0.717) is 10.9 Å². The number of aliphatic carboxylic acids is 1. The van der Waals surface area contributed by atoms with Crippen molar-refractivity contribution in [1.82, 2.24) is 4.98 Å². The van der Waals surface area contributed by atoms with Crippen molar-refractivity contribution in [3.63, 3.8) is 0 Å². The summed E-state index contributed by atoms with van der Waals surface area (Å²) in [4.78, 5) is 28.9. The molecule has 1 aromatic heterocycles. The van der Waals surface area contributed by atoms with Crippen LogP contribution >= 0.6 is 11.6 Å². The summed E-state index contributed by atoms with van der Waals surface area (Å²) in [6.45, 7) is 3.84. The number of carbonyl (C=O) groups is 2. The fourth-order valence-electron chi connectivity index (χ4n) is 4.77. The van der Waals surface area contributed by atoms with E-state index in [0.717, 1.165) is 52.8 Å². The van der Waals surface area contributed by atoms with Crippen LogP contribution in [0.4, 0.5) is 5.69 Å². The fraction of sp³-hybridized carbons (Fsp3) is 0.321. The van der Waals surface area contributed by atoms with Gasteiger partial charge in [-0.2, -0.15) is 0 Å². The zero-order chi connectivity index (χ0) is 24.2. The van der Waals surface area contributed by atoms with Crippen LogP contribution in [-0.4, -0.2) is 22.0 Å². The molecule has 176 valence electrons. The van der Waals surface area contributed by atoms with Gasteiger partial charge in [0.25, 0.3) is 0 Å². The third-order valence-corrected chi connectivity index (χ3v) is 7.06. The molecule has 0 unspecified atom stereocenters. The Bertz CT molecular complexity index is 1190. The Morgan fingerprint density at radius 3 is 2.47 bits per heavy atom. The van der Waals surface area contributed by atoms with Crippen molar-refractivity contribution < 1.29 is 14.7 Å². The van der Waals surface area contributed by atoms with Gasteiger partial charge in [-0.05, 0) is 66.0 Å². The van der Waals surface area contributed by atoms with Gasteiger partial charge < -0.3 is 10.4 Å². The van der Waals surface area contributed by atoms with E-state index < -0.39 is 5.97 Å². The van der Waals surface area contributed by atoms with Gasteiger partial charge in [0.1, 0.15) is 0 Å². The maximum absolute atomic E-state index is 13.5. The molecule has 1 saturated carbocycles. The van der Waals surface area contributed by atoms with Crippen LogP contribution in [0, 0.1) is 12.8 Å². The van der Waals surface area contributed by atoms with E-state index in [1.165, 1.54) is 0 Å². The largest absolute Gasteiger partial charge is 0.481 e.